The Hall–Kier alpha value is -2.20. The number of hydrogen-bond acceptors (Lipinski definition) is 8. The van der Waals surface area contributed by atoms with E-state index in [0.29, 0.717) is 12.3 Å². The predicted octanol–water partition coefficient (Wildman–Crippen LogP) is 1.53. The molecule has 2 unspecified atom stereocenters. The first-order chi connectivity index (χ1) is 25.3. The molecule has 56 heavy (non-hydrogen) atoms. The molecule has 0 saturated heterocycles. The number of benzene rings is 2. The van der Waals surface area contributed by atoms with Crippen LogP contribution in [-0.2, 0) is 9.47 Å². The monoisotopic (exact) mass is 780 g/mol. The van der Waals surface area contributed by atoms with Gasteiger partial charge in [0.25, 0.3) is 0 Å². The zero-order valence-corrected chi connectivity index (χ0v) is 38.8. The fourth-order valence-electron chi connectivity index (χ4n) is 12.3. The van der Waals surface area contributed by atoms with Gasteiger partial charge in [-0.2, -0.15) is 0 Å². The molecule has 3 saturated carbocycles. The Morgan fingerprint density at radius 2 is 1.25 bits per heavy atom. The van der Waals surface area contributed by atoms with E-state index in [-0.39, 0.29) is 132 Å². The second-order valence-electron chi connectivity index (χ2n) is 19.1. The van der Waals surface area contributed by atoms with Gasteiger partial charge in [0.2, 0.25) is 0 Å². The van der Waals surface area contributed by atoms with Gasteiger partial charge in [-0.1, -0.05) is 103 Å². The van der Waals surface area contributed by atoms with Crippen molar-refractivity contribution in [1.29, 1.82) is 0 Å². The van der Waals surface area contributed by atoms with Crippen LogP contribution in [0.1, 0.15) is 148 Å². The molecule has 5 aliphatic carbocycles. The van der Waals surface area contributed by atoms with Gasteiger partial charge in [0, 0.05) is 22.0 Å². The first-order valence-corrected chi connectivity index (χ1v) is 19.7. The number of carboxylic acid groups (broad SMARTS) is 2. The molecule has 8 atom stereocenters. The molecule has 0 radical (unpaired) electrons. The van der Waals surface area contributed by atoms with Crippen LogP contribution in [0.25, 0.3) is 0 Å². The van der Waals surface area contributed by atoms with Crippen LogP contribution in [0.15, 0.2) is 71.8 Å². The molecule has 2 aromatic rings. The molecule has 3 fully saturated rings. The van der Waals surface area contributed by atoms with Crippen molar-refractivity contribution in [3.8, 4) is 0 Å². The van der Waals surface area contributed by atoms with Crippen LogP contribution in [0.4, 0.5) is 0 Å². The maximum Gasteiger partial charge on any atom is 1.00 e. The van der Waals surface area contributed by atoms with Gasteiger partial charge in [0.1, 0.15) is 6.10 Å². The molecule has 2 aromatic carbocycles. The molecule has 0 spiro atoms. The Bertz CT molecular complexity index is 1990. The van der Waals surface area contributed by atoms with Crippen molar-refractivity contribution >= 4 is 23.9 Å². The van der Waals surface area contributed by atoms with E-state index < -0.39 is 23.9 Å². The summed E-state index contributed by atoms with van der Waals surface area (Å²) < 4.78 is 12.1. The summed E-state index contributed by atoms with van der Waals surface area (Å²) >= 11 is 0. The molecule has 8 nitrogen and oxygen atoms in total. The van der Waals surface area contributed by atoms with Crippen LogP contribution in [-0.4, -0.2) is 36.6 Å². The Kier molecular flexibility index (Phi) is 12.6. The summed E-state index contributed by atoms with van der Waals surface area (Å²) in [5, 5.41) is 23.4. The fourth-order valence-corrected chi connectivity index (χ4v) is 12.3. The summed E-state index contributed by atoms with van der Waals surface area (Å²) in [5.74, 6) is -3.43. The van der Waals surface area contributed by atoms with Crippen LogP contribution in [0.5, 0.6) is 0 Å². The average molecular weight is 781 g/mol. The summed E-state index contributed by atoms with van der Waals surface area (Å²) in [4.78, 5) is 50.0. The van der Waals surface area contributed by atoms with E-state index in [0.717, 1.165) is 51.4 Å². The Morgan fingerprint density at radius 1 is 0.696 bits per heavy atom. The number of carbonyl (C=O) groups is 4. The quantitative estimate of drug-likeness (QED) is 0.306. The number of carboxylic acids is 2. The third-order valence-electron chi connectivity index (χ3n) is 15.8. The van der Waals surface area contributed by atoms with Crippen molar-refractivity contribution < 1.29 is 98.0 Å². The summed E-state index contributed by atoms with van der Waals surface area (Å²) in [7, 11) is 0. The van der Waals surface area contributed by atoms with Gasteiger partial charge in [-0.15, -0.1) is 0 Å². The number of allylic oxidation sites excluding steroid dienone is 4. The molecule has 0 aliphatic heterocycles. The van der Waals surface area contributed by atoms with Gasteiger partial charge in [-0.25, -0.2) is 9.59 Å². The van der Waals surface area contributed by atoms with E-state index in [4.69, 9.17) is 9.47 Å². The van der Waals surface area contributed by atoms with Gasteiger partial charge in [0.05, 0.1) is 29.7 Å². The van der Waals surface area contributed by atoms with E-state index in [9.17, 15) is 29.4 Å². The molecule has 0 aromatic heterocycles. The largest absolute Gasteiger partial charge is 1.00 e. The summed E-state index contributed by atoms with van der Waals surface area (Å²) in [6, 6.07) is 12.2. The van der Waals surface area contributed by atoms with Crippen LogP contribution in [0, 0.1) is 44.3 Å². The molecule has 288 valence electrons. The maximum absolute atomic E-state index is 13.4. The first-order valence-electron chi connectivity index (χ1n) is 19.7. The van der Waals surface area contributed by atoms with Crippen molar-refractivity contribution in [1.82, 2.24) is 0 Å². The molecule has 7 rings (SSSR count). The third-order valence-corrected chi connectivity index (χ3v) is 15.8. The third kappa shape index (κ3) is 7.14. The van der Waals surface area contributed by atoms with Crippen molar-refractivity contribution in [2.24, 2.45) is 44.3 Å². The van der Waals surface area contributed by atoms with Gasteiger partial charge in [-0.3, -0.25) is 0 Å². The van der Waals surface area contributed by atoms with Gasteiger partial charge in [-0.05, 0) is 109 Å². The van der Waals surface area contributed by atoms with Crippen LogP contribution >= 0.6 is 0 Å². The Labute approximate surface area is 376 Å². The number of carbonyl (C=O) groups excluding carboxylic acids is 4. The molecule has 10 heteroatoms. The van der Waals surface area contributed by atoms with Crippen LogP contribution in [0.2, 0.25) is 0 Å². The zero-order valence-electron chi connectivity index (χ0n) is 34.8. The molecule has 0 amide bonds. The van der Waals surface area contributed by atoms with Crippen molar-refractivity contribution in [3.05, 3.63) is 94.1 Å². The van der Waals surface area contributed by atoms with Gasteiger partial charge < -0.3 is 29.3 Å². The van der Waals surface area contributed by atoms with Crippen LogP contribution in [0.3, 0.4) is 0 Å². The standard InChI is InChI=1S/C46H56O8.2Na/c1-41(2)34-18-21-46(7)35(44(34,5)20-19-36(41)54-40(52)31-15-11-9-13-29(31)38(49)50)17-16-32-33-26-42(3,22-23-43(33,4)24-25-45(32,46)6)27-53-39(51)30-14-10-8-12-28(30)37(47)48;;/h8-17,34-36H,18-27H2,1-7H3,(H,47,48)(H,49,50);;/q;2*+1/p-2/t34?,35?,36-,42-,43+,44-,45+,46+;;/m0../s1. The first kappa shape index (κ1) is 44.9. The SMILES string of the molecule is CC1(C)C2CC[C@]3(C)C(C=CC4=C5C[C@@](C)(COC(=O)c6ccccc6C(=O)[O-])CC[C@]5(C)CC[C@]43C)[C@@]2(C)CC[C@@H]1OC(=O)c1ccccc1C(=O)[O-].[Na+].[Na+]. The van der Waals surface area contributed by atoms with Crippen molar-refractivity contribution in [3.63, 3.8) is 0 Å². The van der Waals surface area contributed by atoms with Gasteiger partial charge in [0.15, 0.2) is 0 Å². The number of fused-ring (bicyclic) bond motifs is 6. The minimum Gasteiger partial charge on any atom is -0.545 e. The molecular formula is C46H54Na2O8. The minimum absolute atomic E-state index is 0. The number of hydrogen-bond donors (Lipinski definition) is 0. The summed E-state index contributed by atoms with van der Waals surface area (Å²) in [6.45, 7) is 16.7. The second kappa shape index (κ2) is 15.8. The zero-order chi connectivity index (χ0) is 39.1. The number of rotatable bonds is 7. The average Bonchev–Trinajstić information content (AvgIpc) is 3.13. The topological polar surface area (TPSA) is 133 Å². The molecule has 0 N–H and O–H groups in total. The molecule has 5 aliphatic rings. The number of aromatic carboxylic acids is 2. The van der Waals surface area contributed by atoms with E-state index in [1.165, 1.54) is 35.4 Å². The predicted molar refractivity (Wildman–Crippen MR) is 200 cm³/mol. The fraction of sp³-hybridized carbons (Fsp3) is 0.565. The van der Waals surface area contributed by atoms with Crippen LogP contribution < -0.4 is 69.3 Å². The molecule has 0 bridgehead atoms. The maximum atomic E-state index is 13.4. The number of esters is 2. The van der Waals surface area contributed by atoms with E-state index >= 15 is 0 Å². The molecule has 0 heterocycles. The van der Waals surface area contributed by atoms with E-state index in [2.05, 4.69) is 60.6 Å². The Balaban J connectivity index is 0.00000300. The minimum atomic E-state index is -1.40. The van der Waals surface area contributed by atoms with Crippen molar-refractivity contribution in [2.45, 2.75) is 112 Å². The summed E-state index contributed by atoms with van der Waals surface area (Å²) in [6.07, 6.45) is 13.2. The normalized spacial score (nSPS) is 35.2. The van der Waals surface area contributed by atoms with E-state index in [1.54, 1.807) is 24.3 Å². The Morgan fingerprint density at radius 3 is 1.84 bits per heavy atom. The summed E-state index contributed by atoms with van der Waals surface area (Å²) in [5.41, 5.74) is 2.02. The van der Waals surface area contributed by atoms with Crippen molar-refractivity contribution in [2.75, 3.05) is 6.61 Å². The molecular weight excluding hydrogens is 726 g/mol. The van der Waals surface area contributed by atoms with Gasteiger partial charge >= 0.3 is 71.1 Å². The van der Waals surface area contributed by atoms with E-state index in [1.807, 2.05) is 0 Å². The second-order valence-corrected chi connectivity index (χ2v) is 19.1. The number of ether oxygens (including phenoxy) is 2. The smallest absolute Gasteiger partial charge is 0.545 e.